The van der Waals surface area contributed by atoms with E-state index in [1.807, 2.05) is 45.0 Å². The molecule has 3 rings (SSSR count). The van der Waals surface area contributed by atoms with Crippen molar-refractivity contribution in [1.82, 2.24) is 10.2 Å². The van der Waals surface area contributed by atoms with Crippen molar-refractivity contribution in [2.75, 3.05) is 24.0 Å². The molecule has 0 aliphatic rings. The minimum atomic E-state index is -4.26. The van der Waals surface area contributed by atoms with Gasteiger partial charge in [-0.15, -0.1) is 0 Å². The van der Waals surface area contributed by atoms with Gasteiger partial charge in [0.2, 0.25) is 11.8 Å². The molecule has 3 aromatic carbocycles. The molecule has 0 heterocycles. The summed E-state index contributed by atoms with van der Waals surface area (Å²) in [7, 11) is -4.26. The van der Waals surface area contributed by atoms with Crippen LogP contribution in [0.2, 0.25) is 0 Å². The van der Waals surface area contributed by atoms with Crippen LogP contribution in [0.5, 0.6) is 5.75 Å². The zero-order valence-corrected chi connectivity index (χ0v) is 24.8. The fourth-order valence-electron chi connectivity index (χ4n) is 4.23. The average molecular weight is 584 g/mol. The highest BCUT2D eigenvalue weighted by molar-refractivity contribution is 7.92. The van der Waals surface area contributed by atoms with E-state index in [1.165, 1.54) is 41.3 Å². The molecule has 3 aromatic rings. The molecule has 0 aromatic heterocycles. The van der Waals surface area contributed by atoms with Gasteiger partial charge in [0.15, 0.2) is 0 Å². The van der Waals surface area contributed by atoms with E-state index in [1.54, 1.807) is 6.92 Å². The SMILES string of the molecule is CCCCNC(=O)C(C)N(Cc1ccccc1C)C(=O)CN(c1ccc(F)cc1)S(=O)(=O)c1ccc(OCC)cc1. The fraction of sp³-hybridized carbons (Fsp3) is 0.355. The molecule has 8 nitrogen and oxygen atoms in total. The van der Waals surface area contributed by atoms with Crippen molar-refractivity contribution >= 4 is 27.5 Å². The molecule has 10 heteroatoms. The average Bonchev–Trinajstić information content (AvgIpc) is 2.96. The molecule has 0 aliphatic heterocycles. The number of hydrogen-bond donors (Lipinski definition) is 1. The van der Waals surface area contributed by atoms with Crippen molar-refractivity contribution in [2.45, 2.75) is 58.0 Å². The second-order valence-corrected chi connectivity index (χ2v) is 11.5. The molecule has 0 spiro atoms. The number of rotatable bonds is 14. The van der Waals surface area contributed by atoms with Crippen LogP contribution >= 0.6 is 0 Å². The maximum atomic E-state index is 13.9. The van der Waals surface area contributed by atoms with Gasteiger partial charge in [-0.1, -0.05) is 37.6 Å². The first-order chi connectivity index (χ1) is 19.6. The first kappa shape index (κ1) is 31.6. The van der Waals surface area contributed by atoms with Gasteiger partial charge in [0, 0.05) is 13.1 Å². The van der Waals surface area contributed by atoms with Crippen LogP contribution in [-0.4, -0.2) is 50.9 Å². The molecule has 0 bridgehead atoms. The van der Waals surface area contributed by atoms with E-state index in [-0.39, 0.29) is 23.0 Å². The Morgan fingerprint density at radius 2 is 1.63 bits per heavy atom. The van der Waals surface area contributed by atoms with E-state index in [9.17, 15) is 22.4 Å². The van der Waals surface area contributed by atoms with Gasteiger partial charge in [-0.2, -0.15) is 0 Å². The van der Waals surface area contributed by atoms with Crippen LogP contribution in [-0.2, 0) is 26.2 Å². The highest BCUT2D eigenvalue weighted by Crippen LogP contribution is 2.26. The van der Waals surface area contributed by atoms with Crippen molar-refractivity contribution in [3.8, 4) is 5.75 Å². The molecule has 0 radical (unpaired) electrons. The quantitative estimate of drug-likeness (QED) is 0.268. The van der Waals surface area contributed by atoms with Crippen LogP contribution < -0.4 is 14.4 Å². The van der Waals surface area contributed by atoms with Crippen LogP contribution in [0.3, 0.4) is 0 Å². The Morgan fingerprint density at radius 3 is 2.24 bits per heavy atom. The van der Waals surface area contributed by atoms with E-state index in [2.05, 4.69) is 5.32 Å². The van der Waals surface area contributed by atoms with Crippen LogP contribution in [0.4, 0.5) is 10.1 Å². The molecule has 220 valence electrons. The van der Waals surface area contributed by atoms with Gasteiger partial charge in [0.05, 0.1) is 17.2 Å². The summed E-state index contributed by atoms with van der Waals surface area (Å²) in [6.45, 7) is 7.77. The number of ether oxygens (including phenoxy) is 1. The van der Waals surface area contributed by atoms with Crippen molar-refractivity contribution in [2.24, 2.45) is 0 Å². The molecule has 41 heavy (non-hydrogen) atoms. The summed E-state index contributed by atoms with van der Waals surface area (Å²) in [6.07, 6.45) is 1.69. The number of carbonyl (C=O) groups is 2. The maximum Gasteiger partial charge on any atom is 0.264 e. The summed E-state index contributed by atoms with van der Waals surface area (Å²) in [5, 5.41) is 2.86. The number of aryl methyl sites for hydroxylation is 1. The standard InChI is InChI=1S/C31H38FN3O5S/c1-5-7-20-33-31(37)24(4)34(21-25-11-9-8-10-23(25)3)30(36)22-35(27-14-12-26(32)13-15-27)41(38,39)29-18-16-28(17-19-29)40-6-2/h8-19,24H,5-7,20-22H2,1-4H3,(H,33,37). The summed E-state index contributed by atoms with van der Waals surface area (Å²) in [6, 6.07) is 17.4. The minimum Gasteiger partial charge on any atom is -0.494 e. The number of benzene rings is 3. The third-order valence-electron chi connectivity index (χ3n) is 6.72. The summed E-state index contributed by atoms with van der Waals surface area (Å²) < 4.78 is 47.9. The zero-order chi connectivity index (χ0) is 30.0. The van der Waals surface area contributed by atoms with Crippen LogP contribution in [0, 0.1) is 12.7 Å². The number of carbonyl (C=O) groups excluding carboxylic acids is 2. The highest BCUT2D eigenvalue weighted by atomic mass is 32.2. The second kappa shape index (κ2) is 14.6. The lowest BCUT2D eigenvalue weighted by molar-refractivity contribution is -0.139. The smallest absolute Gasteiger partial charge is 0.264 e. The molecular formula is C31H38FN3O5S. The number of amides is 2. The lowest BCUT2D eigenvalue weighted by Crippen LogP contribution is -2.51. The van der Waals surface area contributed by atoms with Gasteiger partial charge in [0.25, 0.3) is 10.0 Å². The van der Waals surface area contributed by atoms with Gasteiger partial charge in [-0.05, 0) is 86.8 Å². The molecule has 2 amide bonds. The van der Waals surface area contributed by atoms with Gasteiger partial charge >= 0.3 is 0 Å². The summed E-state index contributed by atoms with van der Waals surface area (Å²) in [4.78, 5) is 28.3. The van der Waals surface area contributed by atoms with Gasteiger partial charge in [-0.25, -0.2) is 12.8 Å². The van der Waals surface area contributed by atoms with Gasteiger partial charge in [-0.3, -0.25) is 13.9 Å². The minimum absolute atomic E-state index is 0.0612. The normalized spacial score (nSPS) is 11.9. The fourth-order valence-corrected chi connectivity index (χ4v) is 5.64. The maximum absolute atomic E-state index is 13.9. The summed E-state index contributed by atoms with van der Waals surface area (Å²) in [5.74, 6) is -0.950. The first-order valence-electron chi connectivity index (χ1n) is 13.7. The zero-order valence-electron chi connectivity index (χ0n) is 24.0. The van der Waals surface area contributed by atoms with Crippen molar-refractivity contribution < 1.29 is 27.1 Å². The monoisotopic (exact) mass is 583 g/mol. The summed E-state index contributed by atoms with van der Waals surface area (Å²) >= 11 is 0. The molecule has 1 unspecified atom stereocenters. The summed E-state index contributed by atoms with van der Waals surface area (Å²) in [5.41, 5.74) is 1.88. The number of hydrogen-bond acceptors (Lipinski definition) is 5. The van der Waals surface area contributed by atoms with Crippen LogP contribution in [0.1, 0.15) is 44.7 Å². The second-order valence-electron chi connectivity index (χ2n) is 9.66. The Balaban J connectivity index is 2.00. The first-order valence-corrected chi connectivity index (χ1v) is 15.1. The van der Waals surface area contributed by atoms with E-state index >= 15 is 0 Å². The number of sulfonamides is 1. The van der Waals surface area contributed by atoms with E-state index in [0.29, 0.717) is 18.9 Å². The van der Waals surface area contributed by atoms with E-state index in [0.717, 1.165) is 40.4 Å². The molecule has 0 aliphatic carbocycles. The largest absolute Gasteiger partial charge is 0.494 e. The van der Waals surface area contributed by atoms with Crippen LogP contribution in [0.15, 0.2) is 77.7 Å². The Kier molecular flexibility index (Phi) is 11.3. The van der Waals surface area contributed by atoms with Crippen molar-refractivity contribution in [1.29, 1.82) is 0 Å². The highest BCUT2D eigenvalue weighted by Gasteiger charge is 2.32. The predicted molar refractivity (Wildman–Crippen MR) is 158 cm³/mol. The number of unbranched alkanes of at least 4 members (excludes halogenated alkanes) is 1. The topological polar surface area (TPSA) is 96.0 Å². The van der Waals surface area contributed by atoms with E-state index in [4.69, 9.17) is 4.74 Å². The lowest BCUT2D eigenvalue weighted by Gasteiger charge is -2.32. The van der Waals surface area contributed by atoms with Gasteiger partial charge < -0.3 is 15.0 Å². The molecule has 0 saturated heterocycles. The molecule has 0 fully saturated rings. The molecular weight excluding hydrogens is 545 g/mol. The molecule has 0 saturated carbocycles. The number of nitrogens with zero attached hydrogens (tertiary/aromatic N) is 2. The Labute approximate surface area is 242 Å². The predicted octanol–water partition coefficient (Wildman–Crippen LogP) is 5.06. The van der Waals surface area contributed by atoms with Gasteiger partial charge in [0.1, 0.15) is 24.2 Å². The lowest BCUT2D eigenvalue weighted by atomic mass is 10.1. The Hall–Kier alpha value is -3.92. The number of nitrogens with one attached hydrogen (secondary N) is 1. The van der Waals surface area contributed by atoms with E-state index < -0.39 is 34.3 Å². The molecule has 1 atom stereocenters. The van der Waals surface area contributed by atoms with Crippen molar-refractivity contribution in [3.63, 3.8) is 0 Å². The Morgan fingerprint density at radius 1 is 0.976 bits per heavy atom. The third-order valence-corrected chi connectivity index (χ3v) is 8.50. The Bertz CT molecular complexity index is 1410. The number of anilines is 1. The molecule has 1 N–H and O–H groups in total. The van der Waals surface area contributed by atoms with Crippen molar-refractivity contribution in [3.05, 3.63) is 89.7 Å². The third kappa shape index (κ3) is 8.29. The van der Waals surface area contributed by atoms with Crippen LogP contribution in [0.25, 0.3) is 0 Å². The number of halogens is 1.